The number of benzene rings is 1. The van der Waals surface area contributed by atoms with Crippen LogP contribution in [0.25, 0.3) is 0 Å². The van der Waals surface area contributed by atoms with Crippen LogP contribution in [0.4, 0.5) is 5.69 Å². The molecular formula is C13H18N2O3. The van der Waals surface area contributed by atoms with Gasteiger partial charge in [-0.05, 0) is 17.7 Å². The van der Waals surface area contributed by atoms with E-state index in [1.807, 2.05) is 0 Å². The lowest BCUT2D eigenvalue weighted by Gasteiger charge is -2.11. The molecule has 5 heteroatoms. The lowest BCUT2D eigenvalue weighted by atomic mass is 10.3. The number of nitrogens with one attached hydrogen (secondary N) is 1. The van der Waals surface area contributed by atoms with E-state index >= 15 is 0 Å². The molecule has 0 atom stereocenters. The van der Waals surface area contributed by atoms with Gasteiger partial charge < -0.3 is 10.1 Å². The van der Waals surface area contributed by atoms with Crippen LogP contribution in [0.1, 0.15) is 13.8 Å². The normalized spacial score (nSPS) is 10.4. The summed E-state index contributed by atoms with van der Waals surface area (Å²) in [5, 5.41) is 13.7. The highest BCUT2D eigenvalue weighted by Crippen LogP contribution is 2.17. The van der Waals surface area contributed by atoms with Crippen LogP contribution in [-0.2, 0) is 0 Å². The summed E-state index contributed by atoms with van der Waals surface area (Å²) in [4.78, 5) is 10.0. The Labute approximate surface area is 107 Å². The van der Waals surface area contributed by atoms with Crippen molar-refractivity contribution in [2.45, 2.75) is 19.9 Å². The Bertz CT molecular complexity index is 413. The maximum atomic E-state index is 10.5. The number of nitro groups is 1. The molecule has 0 unspecified atom stereocenters. The molecular weight excluding hydrogens is 232 g/mol. The molecule has 1 aromatic carbocycles. The van der Waals surface area contributed by atoms with Crippen LogP contribution >= 0.6 is 0 Å². The van der Waals surface area contributed by atoms with Gasteiger partial charge in [0.25, 0.3) is 5.69 Å². The van der Waals surface area contributed by atoms with E-state index in [9.17, 15) is 10.1 Å². The number of hydrogen-bond donors (Lipinski definition) is 1. The van der Waals surface area contributed by atoms with Crippen LogP contribution < -0.4 is 10.1 Å². The third-order valence-electron chi connectivity index (χ3n) is 2.25. The van der Waals surface area contributed by atoms with Gasteiger partial charge in [-0.25, -0.2) is 0 Å². The Balaban J connectivity index is 2.39. The van der Waals surface area contributed by atoms with E-state index in [2.05, 4.69) is 25.7 Å². The number of non-ortho nitro benzene ring substituents is 1. The Kier molecular flexibility index (Phi) is 5.32. The zero-order valence-corrected chi connectivity index (χ0v) is 10.7. The molecule has 1 aromatic rings. The van der Waals surface area contributed by atoms with Crippen LogP contribution in [0, 0.1) is 10.1 Å². The van der Waals surface area contributed by atoms with Gasteiger partial charge in [0.05, 0.1) is 4.92 Å². The summed E-state index contributed by atoms with van der Waals surface area (Å²) in [7, 11) is 0. The third kappa shape index (κ3) is 4.97. The van der Waals surface area contributed by atoms with E-state index < -0.39 is 4.92 Å². The summed E-state index contributed by atoms with van der Waals surface area (Å²) in [6, 6.07) is 6.42. The van der Waals surface area contributed by atoms with E-state index in [1.54, 1.807) is 12.1 Å². The Hall–Kier alpha value is -1.88. The fourth-order valence-corrected chi connectivity index (χ4v) is 1.25. The average molecular weight is 250 g/mol. The van der Waals surface area contributed by atoms with Gasteiger partial charge in [0.15, 0.2) is 0 Å². The van der Waals surface area contributed by atoms with Crippen LogP contribution in [0.2, 0.25) is 0 Å². The molecule has 0 amide bonds. The highest BCUT2D eigenvalue weighted by molar-refractivity contribution is 5.36. The van der Waals surface area contributed by atoms with Crippen molar-refractivity contribution in [3.05, 3.63) is 46.5 Å². The summed E-state index contributed by atoms with van der Waals surface area (Å²) in [5.41, 5.74) is 0.990. The van der Waals surface area contributed by atoms with Gasteiger partial charge >= 0.3 is 0 Å². The van der Waals surface area contributed by atoms with Crippen molar-refractivity contribution in [1.82, 2.24) is 5.32 Å². The molecule has 98 valence electrons. The second kappa shape index (κ2) is 6.76. The largest absolute Gasteiger partial charge is 0.489 e. The zero-order valence-electron chi connectivity index (χ0n) is 10.7. The molecule has 0 radical (unpaired) electrons. The average Bonchev–Trinajstić information content (AvgIpc) is 2.34. The molecule has 5 nitrogen and oxygen atoms in total. The summed E-state index contributed by atoms with van der Waals surface area (Å²) in [5.74, 6) is 0.603. The predicted octanol–water partition coefficient (Wildman–Crippen LogP) is 2.53. The SMILES string of the molecule is C=C(CNC(C)C)COc1ccc([N+](=O)[O-])cc1. The quantitative estimate of drug-likeness (QED) is 0.459. The summed E-state index contributed by atoms with van der Waals surface area (Å²) in [6.07, 6.45) is 0. The van der Waals surface area contributed by atoms with E-state index in [1.165, 1.54) is 12.1 Å². The Morgan fingerprint density at radius 2 is 2.06 bits per heavy atom. The van der Waals surface area contributed by atoms with Crippen LogP contribution in [-0.4, -0.2) is 24.1 Å². The number of rotatable bonds is 7. The minimum absolute atomic E-state index is 0.0580. The van der Waals surface area contributed by atoms with Crippen LogP contribution in [0.15, 0.2) is 36.4 Å². The van der Waals surface area contributed by atoms with E-state index in [0.717, 1.165) is 5.57 Å². The lowest BCUT2D eigenvalue weighted by molar-refractivity contribution is -0.384. The number of nitrogens with zero attached hydrogens (tertiary/aromatic N) is 1. The van der Waals surface area contributed by atoms with Crippen molar-refractivity contribution in [3.8, 4) is 5.75 Å². The highest BCUT2D eigenvalue weighted by atomic mass is 16.6. The topological polar surface area (TPSA) is 64.4 Å². The van der Waals surface area contributed by atoms with Gasteiger partial charge in [-0.2, -0.15) is 0 Å². The van der Waals surface area contributed by atoms with Crippen molar-refractivity contribution in [3.63, 3.8) is 0 Å². The minimum atomic E-state index is -0.435. The molecule has 1 rings (SSSR count). The first-order valence-electron chi connectivity index (χ1n) is 5.76. The zero-order chi connectivity index (χ0) is 13.5. The van der Waals surface area contributed by atoms with Gasteiger partial charge in [0.1, 0.15) is 12.4 Å². The highest BCUT2D eigenvalue weighted by Gasteiger charge is 2.04. The van der Waals surface area contributed by atoms with Crippen LogP contribution in [0.5, 0.6) is 5.75 Å². The molecule has 0 aliphatic rings. The van der Waals surface area contributed by atoms with Gasteiger partial charge in [-0.3, -0.25) is 10.1 Å². The lowest BCUT2D eigenvalue weighted by Crippen LogP contribution is -2.26. The van der Waals surface area contributed by atoms with Crippen molar-refractivity contribution in [1.29, 1.82) is 0 Å². The predicted molar refractivity (Wildman–Crippen MR) is 70.9 cm³/mol. The third-order valence-corrected chi connectivity index (χ3v) is 2.25. The minimum Gasteiger partial charge on any atom is -0.489 e. The molecule has 1 N–H and O–H groups in total. The first-order chi connectivity index (χ1) is 8.49. The number of hydrogen-bond acceptors (Lipinski definition) is 4. The molecule has 0 aliphatic heterocycles. The fourth-order valence-electron chi connectivity index (χ4n) is 1.25. The second-order valence-corrected chi connectivity index (χ2v) is 4.33. The van der Waals surface area contributed by atoms with Crippen LogP contribution in [0.3, 0.4) is 0 Å². The van der Waals surface area contributed by atoms with E-state index in [4.69, 9.17) is 4.74 Å². The van der Waals surface area contributed by atoms with Crippen molar-refractivity contribution >= 4 is 5.69 Å². The monoisotopic (exact) mass is 250 g/mol. The molecule has 0 fully saturated rings. The summed E-state index contributed by atoms with van der Waals surface area (Å²) < 4.78 is 5.47. The van der Waals surface area contributed by atoms with E-state index in [0.29, 0.717) is 24.9 Å². The van der Waals surface area contributed by atoms with Gasteiger partial charge in [0.2, 0.25) is 0 Å². The van der Waals surface area contributed by atoms with Crippen molar-refractivity contribution in [2.24, 2.45) is 0 Å². The van der Waals surface area contributed by atoms with Crippen molar-refractivity contribution < 1.29 is 9.66 Å². The first kappa shape index (κ1) is 14.2. The maximum absolute atomic E-state index is 10.5. The van der Waals surface area contributed by atoms with Gasteiger partial charge in [-0.15, -0.1) is 0 Å². The molecule has 0 aromatic heterocycles. The first-order valence-corrected chi connectivity index (χ1v) is 5.76. The fraction of sp³-hybridized carbons (Fsp3) is 0.385. The smallest absolute Gasteiger partial charge is 0.269 e. The standard InChI is InChI=1S/C13H18N2O3/c1-10(2)14-8-11(3)9-18-13-6-4-12(5-7-13)15(16)17/h4-7,10,14H,3,8-9H2,1-2H3. The molecule has 18 heavy (non-hydrogen) atoms. The number of nitro benzene ring substituents is 1. The molecule has 0 saturated carbocycles. The molecule has 0 spiro atoms. The second-order valence-electron chi connectivity index (χ2n) is 4.33. The molecule has 0 aliphatic carbocycles. The number of ether oxygens (including phenoxy) is 1. The van der Waals surface area contributed by atoms with Gasteiger partial charge in [-0.1, -0.05) is 20.4 Å². The molecule has 0 heterocycles. The maximum Gasteiger partial charge on any atom is 0.269 e. The summed E-state index contributed by atoms with van der Waals surface area (Å²) >= 11 is 0. The Morgan fingerprint density at radius 1 is 1.44 bits per heavy atom. The van der Waals surface area contributed by atoms with E-state index in [-0.39, 0.29) is 5.69 Å². The Morgan fingerprint density at radius 3 is 2.56 bits per heavy atom. The molecule has 0 saturated heterocycles. The summed E-state index contributed by atoms with van der Waals surface area (Å²) in [6.45, 7) is 9.11. The van der Waals surface area contributed by atoms with Crippen molar-refractivity contribution in [2.75, 3.05) is 13.2 Å². The molecule has 0 bridgehead atoms. The van der Waals surface area contributed by atoms with Gasteiger partial charge in [0, 0.05) is 24.7 Å².